The lowest BCUT2D eigenvalue weighted by Gasteiger charge is -2.34. The van der Waals surface area contributed by atoms with E-state index in [9.17, 15) is 14.7 Å². The van der Waals surface area contributed by atoms with Crippen LogP contribution in [0.2, 0.25) is 0 Å². The third-order valence-corrected chi connectivity index (χ3v) is 5.58. The predicted molar refractivity (Wildman–Crippen MR) is 104 cm³/mol. The number of carbonyl (C=O) groups is 2. The molecule has 0 aromatic carbocycles. The number of esters is 2. The molecule has 4 atom stereocenters. The van der Waals surface area contributed by atoms with Crippen molar-refractivity contribution < 1.29 is 24.2 Å². The van der Waals surface area contributed by atoms with Crippen molar-refractivity contribution in [2.75, 3.05) is 0 Å². The summed E-state index contributed by atoms with van der Waals surface area (Å²) in [6.07, 6.45) is 7.25. The Labute approximate surface area is 162 Å². The molecule has 2 aliphatic rings. The first-order valence-corrected chi connectivity index (χ1v) is 9.70. The van der Waals surface area contributed by atoms with Gasteiger partial charge in [0.25, 0.3) is 0 Å². The van der Waals surface area contributed by atoms with Crippen LogP contribution in [0.1, 0.15) is 66.2 Å². The Kier molecular flexibility index (Phi) is 7.04. The van der Waals surface area contributed by atoms with Gasteiger partial charge in [0.1, 0.15) is 12.2 Å². The smallest absolute Gasteiger partial charge is 0.334 e. The van der Waals surface area contributed by atoms with Crippen LogP contribution in [0, 0.1) is 5.92 Å². The van der Waals surface area contributed by atoms with E-state index >= 15 is 0 Å². The van der Waals surface area contributed by atoms with Gasteiger partial charge in [-0.05, 0) is 52.9 Å². The second kappa shape index (κ2) is 8.87. The summed E-state index contributed by atoms with van der Waals surface area (Å²) in [5.74, 6) is -1.13. The zero-order valence-electron chi connectivity index (χ0n) is 16.9. The van der Waals surface area contributed by atoms with Crippen molar-refractivity contribution in [1.82, 2.24) is 0 Å². The molecule has 1 aliphatic heterocycles. The number of allylic oxidation sites excluding steroid dienone is 3. The van der Waals surface area contributed by atoms with Gasteiger partial charge in [0, 0.05) is 24.8 Å². The molecule has 5 nitrogen and oxygen atoms in total. The summed E-state index contributed by atoms with van der Waals surface area (Å²) in [7, 11) is 0. The molecule has 1 aliphatic carbocycles. The van der Waals surface area contributed by atoms with E-state index in [0.717, 1.165) is 18.4 Å². The highest BCUT2D eigenvalue weighted by Gasteiger charge is 2.44. The van der Waals surface area contributed by atoms with Gasteiger partial charge in [-0.1, -0.05) is 29.9 Å². The maximum absolute atomic E-state index is 12.1. The Balaban J connectivity index is 2.34. The molecule has 0 saturated carbocycles. The molecule has 1 saturated heterocycles. The molecule has 0 aromatic heterocycles. The standard InChI is InChI=1S/C22H32O5/c1-14-8-6-9-15(2)12-19-18(16(3)21(24)27-19)13-20(26-17(4)23)22(5,25)11-7-10-14/h9-10,18-20,25H,3,6-8,11-13H2,1-2,4-5H3. The first kappa shape index (κ1) is 21.4. The number of hydrogen-bond donors (Lipinski definition) is 1. The summed E-state index contributed by atoms with van der Waals surface area (Å²) in [6, 6.07) is 0. The minimum atomic E-state index is -1.20. The largest absolute Gasteiger partial charge is 0.459 e. The van der Waals surface area contributed by atoms with Crippen LogP contribution in [0.5, 0.6) is 0 Å². The van der Waals surface area contributed by atoms with Gasteiger partial charge in [-0.25, -0.2) is 4.79 Å². The Bertz CT molecular complexity index is 656. The molecule has 150 valence electrons. The van der Waals surface area contributed by atoms with E-state index in [-0.39, 0.29) is 12.0 Å². The SMILES string of the molecule is C=C1C(=O)OC2CC(C)=CCCC(C)=CCCC(C)(O)C(OC(C)=O)CC12. The second-order valence-corrected chi connectivity index (χ2v) is 8.15. The molecule has 0 aromatic rings. The lowest BCUT2D eigenvalue weighted by atomic mass is 9.81. The maximum Gasteiger partial charge on any atom is 0.334 e. The number of hydrogen-bond acceptors (Lipinski definition) is 5. The topological polar surface area (TPSA) is 72.8 Å². The highest BCUT2D eigenvalue weighted by molar-refractivity contribution is 5.90. The van der Waals surface area contributed by atoms with Crippen LogP contribution in [0.3, 0.4) is 0 Å². The fourth-order valence-electron chi connectivity index (χ4n) is 3.83. The summed E-state index contributed by atoms with van der Waals surface area (Å²) in [4.78, 5) is 23.7. The minimum absolute atomic E-state index is 0.281. The van der Waals surface area contributed by atoms with E-state index in [2.05, 4.69) is 25.7 Å². The maximum atomic E-state index is 12.1. The number of ether oxygens (including phenoxy) is 2. The molecule has 1 heterocycles. The zero-order valence-corrected chi connectivity index (χ0v) is 16.9. The molecule has 0 amide bonds. The van der Waals surface area contributed by atoms with Crippen LogP contribution in [0.4, 0.5) is 0 Å². The summed E-state index contributed by atoms with van der Waals surface area (Å²) >= 11 is 0. The highest BCUT2D eigenvalue weighted by Crippen LogP contribution is 2.37. The van der Waals surface area contributed by atoms with Crippen LogP contribution in [0.25, 0.3) is 0 Å². The average Bonchev–Trinajstić information content (AvgIpc) is 2.80. The van der Waals surface area contributed by atoms with Crippen molar-refractivity contribution in [3.63, 3.8) is 0 Å². The number of rotatable bonds is 1. The Hall–Kier alpha value is -1.88. The van der Waals surface area contributed by atoms with Crippen molar-refractivity contribution in [3.05, 3.63) is 35.5 Å². The van der Waals surface area contributed by atoms with Crippen molar-refractivity contribution >= 4 is 11.9 Å². The van der Waals surface area contributed by atoms with Crippen LogP contribution in [0.15, 0.2) is 35.5 Å². The monoisotopic (exact) mass is 376 g/mol. The second-order valence-electron chi connectivity index (χ2n) is 8.15. The van der Waals surface area contributed by atoms with Gasteiger partial charge >= 0.3 is 11.9 Å². The molecule has 0 bridgehead atoms. The summed E-state index contributed by atoms with van der Waals surface area (Å²) < 4.78 is 11.0. The van der Waals surface area contributed by atoms with Crippen molar-refractivity contribution in [2.24, 2.45) is 5.92 Å². The van der Waals surface area contributed by atoms with Crippen molar-refractivity contribution in [3.8, 4) is 0 Å². The van der Waals surface area contributed by atoms with Gasteiger partial charge in [0.2, 0.25) is 0 Å². The van der Waals surface area contributed by atoms with E-state index < -0.39 is 23.6 Å². The molecule has 1 N–H and O–H groups in total. The Morgan fingerprint density at radius 2 is 1.96 bits per heavy atom. The zero-order chi connectivity index (χ0) is 20.2. The Morgan fingerprint density at radius 1 is 1.30 bits per heavy atom. The first-order chi connectivity index (χ1) is 12.6. The van der Waals surface area contributed by atoms with Crippen molar-refractivity contribution in [2.45, 2.75) is 84.0 Å². The lowest BCUT2D eigenvalue weighted by molar-refractivity contribution is -0.164. The number of fused-ring (bicyclic) bond motifs is 1. The molecule has 0 radical (unpaired) electrons. The molecular weight excluding hydrogens is 344 g/mol. The summed E-state index contributed by atoms with van der Waals surface area (Å²) in [5.41, 5.74) is 1.62. The van der Waals surface area contributed by atoms with Gasteiger partial charge in [-0.15, -0.1) is 0 Å². The van der Waals surface area contributed by atoms with Gasteiger partial charge in [0.05, 0.1) is 5.60 Å². The van der Waals surface area contributed by atoms with E-state index in [0.29, 0.717) is 31.3 Å². The van der Waals surface area contributed by atoms with Crippen LogP contribution < -0.4 is 0 Å². The molecular formula is C22H32O5. The third kappa shape index (κ3) is 5.80. The summed E-state index contributed by atoms with van der Waals surface area (Å²) in [6.45, 7) is 11.0. The predicted octanol–water partition coefficient (Wildman–Crippen LogP) is 4.01. The Morgan fingerprint density at radius 3 is 2.63 bits per heavy atom. The fourth-order valence-corrected chi connectivity index (χ4v) is 3.83. The van der Waals surface area contributed by atoms with E-state index in [1.165, 1.54) is 12.5 Å². The third-order valence-electron chi connectivity index (χ3n) is 5.58. The first-order valence-electron chi connectivity index (χ1n) is 9.70. The molecule has 0 spiro atoms. The van der Waals surface area contributed by atoms with Gasteiger partial charge < -0.3 is 14.6 Å². The normalized spacial score (nSPS) is 33.3. The van der Waals surface area contributed by atoms with Crippen LogP contribution >= 0.6 is 0 Å². The van der Waals surface area contributed by atoms with E-state index in [1.54, 1.807) is 6.92 Å². The number of aliphatic hydroxyl groups is 1. The van der Waals surface area contributed by atoms with Crippen molar-refractivity contribution in [1.29, 1.82) is 0 Å². The minimum Gasteiger partial charge on any atom is -0.459 e. The molecule has 5 heteroatoms. The lowest BCUT2D eigenvalue weighted by Crippen LogP contribution is -2.44. The molecule has 4 unspecified atom stereocenters. The highest BCUT2D eigenvalue weighted by atomic mass is 16.6. The van der Waals surface area contributed by atoms with Crippen LogP contribution in [-0.2, 0) is 19.1 Å². The van der Waals surface area contributed by atoms with Gasteiger partial charge in [-0.2, -0.15) is 0 Å². The quantitative estimate of drug-likeness (QED) is 0.425. The van der Waals surface area contributed by atoms with E-state index in [4.69, 9.17) is 9.47 Å². The molecule has 2 rings (SSSR count). The fraction of sp³-hybridized carbons (Fsp3) is 0.636. The molecule has 27 heavy (non-hydrogen) atoms. The van der Waals surface area contributed by atoms with E-state index in [1.807, 2.05) is 6.92 Å². The molecule has 1 fully saturated rings. The van der Waals surface area contributed by atoms with Gasteiger partial charge in [-0.3, -0.25) is 4.79 Å². The average molecular weight is 376 g/mol. The number of carbonyl (C=O) groups excluding carboxylic acids is 2. The summed E-state index contributed by atoms with van der Waals surface area (Å²) in [5, 5.41) is 11.0. The van der Waals surface area contributed by atoms with Gasteiger partial charge in [0.15, 0.2) is 0 Å². The van der Waals surface area contributed by atoms with Crippen LogP contribution in [-0.4, -0.2) is 34.9 Å².